The van der Waals surface area contributed by atoms with Crippen LogP contribution in [0.15, 0.2) is 0 Å². The van der Waals surface area contributed by atoms with Crippen molar-refractivity contribution in [3.63, 3.8) is 0 Å². The average Bonchev–Trinajstić information content (AvgIpc) is 2.14. The zero-order valence-corrected chi connectivity index (χ0v) is 10.3. The molecule has 0 heterocycles. The number of carbonyl (C=O) groups is 2. The molecule has 94 valence electrons. The molecule has 3 N–H and O–H groups in total. The van der Waals surface area contributed by atoms with Gasteiger partial charge < -0.3 is 15.7 Å². The minimum Gasteiger partial charge on any atom is -0.481 e. The van der Waals surface area contributed by atoms with Gasteiger partial charge in [-0.05, 0) is 18.8 Å². The van der Waals surface area contributed by atoms with Crippen LogP contribution in [-0.4, -0.2) is 41.5 Å². The third kappa shape index (κ3) is 6.40. The molecule has 0 aliphatic rings. The molecule has 0 saturated carbocycles. The Morgan fingerprint density at radius 2 is 1.94 bits per heavy atom. The number of carboxylic acids is 1. The normalized spacial score (nSPS) is 12.6. The highest BCUT2D eigenvalue weighted by atomic mass is 16.4. The fraction of sp³-hybridized carbons (Fsp3) is 0.818. The SMILES string of the molecule is CC(C)CCCN(C)C(=O)C(N)CC(=O)O. The van der Waals surface area contributed by atoms with Crippen LogP contribution in [0.1, 0.15) is 33.1 Å². The van der Waals surface area contributed by atoms with Crippen molar-refractivity contribution in [2.24, 2.45) is 11.7 Å². The van der Waals surface area contributed by atoms with Crippen molar-refractivity contribution in [2.45, 2.75) is 39.2 Å². The van der Waals surface area contributed by atoms with Gasteiger partial charge in [-0.25, -0.2) is 0 Å². The predicted octanol–water partition coefficient (Wildman–Crippen LogP) is 0.683. The van der Waals surface area contributed by atoms with E-state index in [9.17, 15) is 9.59 Å². The summed E-state index contributed by atoms with van der Waals surface area (Å²) in [6.45, 7) is 4.88. The van der Waals surface area contributed by atoms with E-state index in [0.717, 1.165) is 12.8 Å². The summed E-state index contributed by atoms with van der Waals surface area (Å²) in [4.78, 5) is 23.5. The van der Waals surface area contributed by atoms with Crippen molar-refractivity contribution in [3.8, 4) is 0 Å². The number of likely N-dealkylation sites (N-methyl/N-ethyl adjacent to an activating group) is 1. The first-order valence-electron chi connectivity index (χ1n) is 5.57. The zero-order valence-electron chi connectivity index (χ0n) is 10.3. The van der Waals surface area contributed by atoms with E-state index in [4.69, 9.17) is 10.8 Å². The largest absolute Gasteiger partial charge is 0.481 e. The molecule has 1 amide bonds. The molecule has 0 aliphatic carbocycles. The van der Waals surface area contributed by atoms with Crippen LogP contribution in [0.2, 0.25) is 0 Å². The Hall–Kier alpha value is -1.10. The molecule has 0 rings (SSSR count). The lowest BCUT2D eigenvalue weighted by Crippen LogP contribution is -2.43. The number of amides is 1. The van der Waals surface area contributed by atoms with Gasteiger partial charge in [0.15, 0.2) is 0 Å². The van der Waals surface area contributed by atoms with Crippen LogP contribution in [0.25, 0.3) is 0 Å². The van der Waals surface area contributed by atoms with E-state index in [1.165, 1.54) is 4.90 Å². The van der Waals surface area contributed by atoms with Crippen molar-refractivity contribution in [1.29, 1.82) is 0 Å². The monoisotopic (exact) mass is 230 g/mol. The molecule has 1 atom stereocenters. The molecule has 0 fully saturated rings. The summed E-state index contributed by atoms with van der Waals surface area (Å²) in [5.41, 5.74) is 5.48. The van der Waals surface area contributed by atoms with E-state index in [0.29, 0.717) is 12.5 Å². The van der Waals surface area contributed by atoms with Gasteiger partial charge in [-0.3, -0.25) is 9.59 Å². The lowest BCUT2D eigenvalue weighted by molar-refractivity contribution is -0.141. The number of nitrogens with two attached hydrogens (primary N) is 1. The average molecular weight is 230 g/mol. The number of rotatable bonds is 7. The van der Waals surface area contributed by atoms with Gasteiger partial charge in [-0.1, -0.05) is 13.8 Å². The molecule has 0 aliphatic heterocycles. The molecular formula is C11H22N2O3. The van der Waals surface area contributed by atoms with Crippen LogP contribution in [0.5, 0.6) is 0 Å². The van der Waals surface area contributed by atoms with Gasteiger partial charge in [0.1, 0.15) is 0 Å². The van der Waals surface area contributed by atoms with E-state index in [1.807, 2.05) is 0 Å². The number of aliphatic carboxylic acids is 1. The molecule has 0 aromatic carbocycles. The highest BCUT2D eigenvalue weighted by Crippen LogP contribution is 2.05. The van der Waals surface area contributed by atoms with Gasteiger partial charge in [0.05, 0.1) is 12.5 Å². The molecule has 16 heavy (non-hydrogen) atoms. The zero-order chi connectivity index (χ0) is 12.7. The van der Waals surface area contributed by atoms with Crippen LogP contribution in [0.4, 0.5) is 0 Å². The third-order valence-corrected chi connectivity index (χ3v) is 2.36. The van der Waals surface area contributed by atoms with E-state index < -0.39 is 12.0 Å². The predicted molar refractivity (Wildman–Crippen MR) is 61.9 cm³/mol. The molecular weight excluding hydrogens is 208 g/mol. The summed E-state index contributed by atoms with van der Waals surface area (Å²) in [6.07, 6.45) is 1.65. The molecule has 1 unspecified atom stereocenters. The maximum atomic E-state index is 11.6. The van der Waals surface area contributed by atoms with Crippen molar-refractivity contribution in [1.82, 2.24) is 4.90 Å². The maximum Gasteiger partial charge on any atom is 0.305 e. The summed E-state index contributed by atoms with van der Waals surface area (Å²) < 4.78 is 0. The Kier molecular flexibility index (Phi) is 6.72. The number of hydrogen-bond donors (Lipinski definition) is 2. The van der Waals surface area contributed by atoms with Crippen LogP contribution in [0.3, 0.4) is 0 Å². The minimum absolute atomic E-state index is 0.300. The summed E-state index contributed by atoms with van der Waals surface area (Å²) in [5.74, 6) is -0.737. The fourth-order valence-corrected chi connectivity index (χ4v) is 1.41. The second-order valence-corrected chi connectivity index (χ2v) is 4.50. The van der Waals surface area contributed by atoms with Crippen molar-refractivity contribution in [3.05, 3.63) is 0 Å². The second kappa shape index (κ2) is 7.22. The standard InChI is InChI=1S/C11H22N2O3/c1-8(2)5-4-6-13(3)11(16)9(12)7-10(14)15/h8-9H,4-7,12H2,1-3H3,(H,14,15). The quantitative estimate of drug-likeness (QED) is 0.673. The van der Waals surface area contributed by atoms with Gasteiger partial charge in [0.2, 0.25) is 5.91 Å². The molecule has 0 bridgehead atoms. The first kappa shape index (κ1) is 14.9. The minimum atomic E-state index is -1.04. The first-order chi connectivity index (χ1) is 7.34. The number of carboxylic acid groups (broad SMARTS) is 1. The second-order valence-electron chi connectivity index (χ2n) is 4.50. The maximum absolute atomic E-state index is 11.6. The van der Waals surface area contributed by atoms with E-state index >= 15 is 0 Å². The Labute approximate surface area is 96.6 Å². The van der Waals surface area contributed by atoms with Crippen molar-refractivity contribution in [2.75, 3.05) is 13.6 Å². The molecule has 0 aromatic rings. The van der Waals surface area contributed by atoms with Crippen LogP contribution >= 0.6 is 0 Å². The lowest BCUT2D eigenvalue weighted by atomic mass is 10.1. The van der Waals surface area contributed by atoms with Gasteiger partial charge in [0, 0.05) is 13.6 Å². The van der Waals surface area contributed by atoms with Crippen molar-refractivity contribution >= 4 is 11.9 Å². The number of hydrogen-bond acceptors (Lipinski definition) is 3. The summed E-state index contributed by atoms with van der Waals surface area (Å²) in [7, 11) is 1.66. The molecule has 5 heteroatoms. The molecule has 5 nitrogen and oxygen atoms in total. The Balaban J connectivity index is 3.93. The number of nitrogens with zero attached hydrogens (tertiary/aromatic N) is 1. The highest BCUT2D eigenvalue weighted by Gasteiger charge is 2.20. The molecule has 0 radical (unpaired) electrons. The van der Waals surface area contributed by atoms with Crippen LogP contribution in [-0.2, 0) is 9.59 Å². The van der Waals surface area contributed by atoms with Crippen LogP contribution in [0, 0.1) is 5.92 Å². The summed E-state index contributed by atoms with van der Waals surface area (Å²) in [5, 5.41) is 8.51. The third-order valence-electron chi connectivity index (χ3n) is 2.36. The summed E-state index contributed by atoms with van der Waals surface area (Å²) >= 11 is 0. The van der Waals surface area contributed by atoms with Crippen LogP contribution < -0.4 is 5.73 Å². The van der Waals surface area contributed by atoms with Gasteiger partial charge >= 0.3 is 5.97 Å². The highest BCUT2D eigenvalue weighted by molar-refractivity contribution is 5.85. The Morgan fingerprint density at radius 3 is 2.38 bits per heavy atom. The van der Waals surface area contributed by atoms with Crippen molar-refractivity contribution < 1.29 is 14.7 Å². The summed E-state index contributed by atoms with van der Waals surface area (Å²) in [6, 6.07) is -0.929. The van der Waals surface area contributed by atoms with Gasteiger partial charge in [-0.2, -0.15) is 0 Å². The molecule has 0 spiro atoms. The topological polar surface area (TPSA) is 83.6 Å². The van der Waals surface area contributed by atoms with E-state index in [1.54, 1.807) is 7.05 Å². The van der Waals surface area contributed by atoms with Gasteiger partial charge in [0.25, 0.3) is 0 Å². The van der Waals surface area contributed by atoms with E-state index in [2.05, 4.69) is 13.8 Å². The fourth-order valence-electron chi connectivity index (χ4n) is 1.41. The first-order valence-corrected chi connectivity index (χ1v) is 5.57. The smallest absolute Gasteiger partial charge is 0.305 e. The molecule has 0 saturated heterocycles. The number of carbonyl (C=O) groups excluding carboxylic acids is 1. The lowest BCUT2D eigenvalue weighted by Gasteiger charge is -2.20. The van der Waals surface area contributed by atoms with E-state index in [-0.39, 0.29) is 12.3 Å². The van der Waals surface area contributed by atoms with Gasteiger partial charge in [-0.15, -0.1) is 0 Å². The Bertz CT molecular complexity index is 241. The molecule has 0 aromatic heterocycles. The Morgan fingerprint density at radius 1 is 1.38 bits per heavy atom.